The summed E-state index contributed by atoms with van der Waals surface area (Å²) in [5.41, 5.74) is 0.206. The minimum absolute atomic E-state index is 0.0267. The second kappa shape index (κ2) is 6.08. The van der Waals surface area contributed by atoms with Gasteiger partial charge in [0, 0.05) is 12.1 Å². The number of hydrogen-bond acceptors (Lipinski definition) is 3. The number of aliphatic hydroxyl groups excluding tert-OH is 1. The molecule has 1 atom stereocenters. The molecule has 0 fully saturated rings. The highest BCUT2D eigenvalue weighted by Crippen LogP contribution is 2.38. The van der Waals surface area contributed by atoms with Crippen LogP contribution in [0.5, 0.6) is 0 Å². The van der Waals surface area contributed by atoms with Crippen LogP contribution in [0.3, 0.4) is 0 Å². The third kappa shape index (κ3) is 2.68. The molecule has 5 heteroatoms. The molecule has 0 aromatic heterocycles. The molecule has 0 saturated carbocycles. The summed E-state index contributed by atoms with van der Waals surface area (Å²) in [5.74, 6) is -2.09. The third-order valence-electron chi connectivity index (χ3n) is 3.64. The lowest BCUT2D eigenvalue weighted by molar-refractivity contribution is -0.129. The van der Waals surface area contributed by atoms with Crippen molar-refractivity contribution in [2.75, 3.05) is 6.54 Å². The van der Waals surface area contributed by atoms with Gasteiger partial charge in [0.05, 0.1) is 11.6 Å². The van der Waals surface area contributed by atoms with Gasteiger partial charge in [-0.15, -0.1) is 0 Å². The van der Waals surface area contributed by atoms with Gasteiger partial charge in [-0.2, -0.15) is 0 Å². The van der Waals surface area contributed by atoms with Crippen molar-refractivity contribution in [3.05, 3.63) is 47.0 Å². The maximum Gasteiger partial charge on any atom is 0.290 e. The van der Waals surface area contributed by atoms with Gasteiger partial charge in [0.2, 0.25) is 0 Å². The summed E-state index contributed by atoms with van der Waals surface area (Å²) in [6.07, 6.45) is 1.57. The minimum Gasteiger partial charge on any atom is -0.503 e. The van der Waals surface area contributed by atoms with E-state index in [2.05, 4.69) is 0 Å². The fourth-order valence-electron chi connectivity index (χ4n) is 2.59. The van der Waals surface area contributed by atoms with Crippen molar-refractivity contribution < 1.29 is 19.1 Å². The number of halogens is 1. The second-order valence-electron chi connectivity index (χ2n) is 5.09. The first-order valence-corrected chi connectivity index (χ1v) is 6.98. The summed E-state index contributed by atoms with van der Waals surface area (Å²) in [6.45, 7) is 3.61. The number of carbonyl (C=O) groups is 2. The van der Waals surface area contributed by atoms with Crippen molar-refractivity contribution in [1.29, 1.82) is 0 Å². The maximum atomic E-state index is 14.1. The van der Waals surface area contributed by atoms with Crippen LogP contribution >= 0.6 is 0 Å². The second-order valence-corrected chi connectivity index (χ2v) is 5.09. The number of Topliss-reactive ketones (excluding diaryl/α,β-unsaturated/α-hetero) is 1. The van der Waals surface area contributed by atoms with Crippen LogP contribution in [0.25, 0.3) is 0 Å². The van der Waals surface area contributed by atoms with Gasteiger partial charge in [0.1, 0.15) is 5.82 Å². The molecule has 112 valence electrons. The van der Waals surface area contributed by atoms with Crippen LogP contribution in [-0.4, -0.2) is 28.2 Å². The Balaban J connectivity index is 2.52. The van der Waals surface area contributed by atoms with E-state index in [9.17, 15) is 19.1 Å². The van der Waals surface area contributed by atoms with E-state index in [4.69, 9.17) is 0 Å². The van der Waals surface area contributed by atoms with Crippen LogP contribution in [0, 0.1) is 5.82 Å². The number of rotatable bonds is 5. The minimum atomic E-state index is -0.845. The van der Waals surface area contributed by atoms with Crippen molar-refractivity contribution in [3.63, 3.8) is 0 Å². The van der Waals surface area contributed by atoms with Crippen LogP contribution in [0.15, 0.2) is 35.6 Å². The summed E-state index contributed by atoms with van der Waals surface area (Å²) in [4.78, 5) is 25.3. The molecule has 1 amide bonds. The van der Waals surface area contributed by atoms with E-state index in [0.29, 0.717) is 6.54 Å². The highest BCUT2D eigenvalue weighted by atomic mass is 19.1. The Hall–Kier alpha value is -2.17. The van der Waals surface area contributed by atoms with Gasteiger partial charge in [-0.1, -0.05) is 31.5 Å². The van der Waals surface area contributed by atoms with Crippen molar-refractivity contribution in [3.8, 4) is 0 Å². The Morgan fingerprint density at radius 1 is 1.38 bits per heavy atom. The maximum absolute atomic E-state index is 14.1. The molecule has 2 rings (SSSR count). The molecule has 1 heterocycles. The van der Waals surface area contributed by atoms with Crippen LogP contribution in [0.1, 0.15) is 38.3 Å². The number of amides is 1. The van der Waals surface area contributed by atoms with Gasteiger partial charge in [-0.25, -0.2) is 4.39 Å². The van der Waals surface area contributed by atoms with E-state index in [1.807, 2.05) is 6.92 Å². The van der Waals surface area contributed by atoms with Crippen molar-refractivity contribution >= 4 is 11.7 Å². The fourth-order valence-corrected chi connectivity index (χ4v) is 2.59. The normalized spacial score (nSPS) is 18.5. The van der Waals surface area contributed by atoms with Crippen LogP contribution in [-0.2, 0) is 9.59 Å². The number of nitrogens with zero attached hydrogens (tertiary/aromatic N) is 1. The van der Waals surface area contributed by atoms with Gasteiger partial charge >= 0.3 is 0 Å². The zero-order valence-electron chi connectivity index (χ0n) is 12.1. The van der Waals surface area contributed by atoms with Crippen molar-refractivity contribution in [1.82, 2.24) is 4.90 Å². The molecule has 0 radical (unpaired) electrons. The predicted octanol–water partition coefficient (Wildman–Crippen LogP) is 2.91. The monoisotopic (exact) mass is 291 g/mol. The lowest BCUT2D eigenvalue weighted by atomic mass is 9.96. The SMILES string of the molecule is CCCCN1C(=O)C(O)=C(C(C)=O)[C@@H]1c1ccccc1F. The Morgan fingerprint density at radius 2 is 2.05 bits per heavy atom. The number of benzene rings is 1. The average molecular weight is 291 g/mol. The van der Waals surface area contributed by atoms with E-state index >= 15 is 0 Å². The van der Waals surface area contributed by atoms with Gasteiger partial charge in [0.15, 0.2) is 11.5 Å². The van der Waals surface area contributed by atoms with Crippen LogP contribution < -0.4 is 0 Å². The van der Waals surface area contributed by atoms with Crippen molar-refractivity contribution in [2.24, 2.45) is 0 Å². The summed E-state index contributed by atoms with van der Waals surface area (Å²) < 4.78 is 14.1. The molecule has 21 heavy (non-hydrogen) atoms. The first-order chi connectivity index (χ1) is 9.99. The highest BCUT2D eigenvalue weighted by Gasteiger charge is 2.42. The molecule has 1 aliphatic heterocycles. The quantitative estimate of drug-likeness (QED) is 0.907. The molecular formula is C16H18FNO3. The largest absolute Gasteiger partial charge is 0.503 e. The molecule has 0 spiro atoms. The topological polar surface area (TPSA) is 57.6 Å². The van der Waals surface area contributed by atoms with E-state index in [1.54, 1.807) is 12.1 Å². The van der Waals surface area contributed by atoms with Gasteiger partial charge in [-0.05, 0) is 19.4 Å². The first-order valence-electron chi connectivity index (χ1n) is 6.98. The van der Waals surface area contributed by atoms with Gasteiger partial charge in [0.25, 0.3) is 5.91 Å². The summed E-state index contributed by atoms with van der Waals surface area (Å²) in [6, 6.07) is 5.16. The summed E-state index contributed by atoms with van der Waals surface area (Å²) in [7, 11) is 0. The first kappa shape index (κ1) is 15.2. The lowest BCUT2D eigenvalue weighted by Gasteiger charge is -2.26. The number of aliphatic hydroxyl groups is 1. The van der Waals surface area contributed by atoms with Crippen molar-refractivity contribution in [2.45, 2.75) is 32.7 Å². The number of carbonyl (C=O) groups excluding carboxylic acids is 2. The molecule has 4 nitrogen and oxygen atoms in total. The molecule has 0 unspecified atom stereocenters. The van der Waals surface area contributed by atoms with Crippen LogP contribution in [0.2, 0.25) is 0 Å². The summed E-state index contributed by atoms with van der Waals surface area (Å²) >= 11 is 0. The number of hydrogen-bond donors (Lipinski definition) is 1. The van der Waals surface area contributed by atoms with Crippen LogP contribution in [0.4, 0.5) is 4.39 Å². The molecule has 0 aliphatic carbocycles. The van der Waals surface area contributed by atoms with E-state index in [0.717, 1.165) is 12.8 Å². The molecule has 1 aliphatic rings. The van der Waals surface area contributed by atoms with E-state index in [1.165, 1.54) is 24.0 Å². The van der Waals surface area contributed by atoms with Gasteiger partial charge in [-0.3, -0.25) is 9.59 Å². The number of unbranched alkanes of at least 4 members (excludes halogenated alkanes) is 1. The molecule has 0 bridgehead atoms. The third-order valence-corrected chi connectivity index (χ3v) is 3.64. The smallest absolute Gasteiger partial charge is 0.290 e. The molecule has 1 aromatic carbocycles. The standard InChI is InChI=1S/C16H18FNO3/c1-3-4-9-18-14(11-7-5-6-8-12(11)17)13(10(2)19)15(20)16(18)21/h5-8,14,20H,3-4,9H2,1-2H3/t14-/m0/s1. The molecule has 1 N–H and O–H groups in total. The average Bonchev–Trinajstić information content (AvgIpc) is 2.69. The fraction of sp³-hybridized carbons (Fsp3) is 0.375. The molecular weight excluding hydrogens is 273 g/mol. The Morgan fingerprint density at radius 3 is 2.62 bits per heavy atom. The molecule has 1 aromatic rings. The number of ketones is 1. The van der Waals surface area contributed by atoms with E-state index in [-0.39, 0.29) is 11.1 Å². The highest BCUT2D eigenvalue weighted by molar-refractivity contribution is 6.08. The molecule has 0 saturated heterocycles. The predicted molar refractivity (Wildman–Crippen MR) is 76.1 cm³/mol. The zero-order chi connectivity index (χ0) is 15.6. The zero-order valence-corrected chi connectivity index (χ0v) is 12.1. The Kier molecular flexibility index (Phi) is 4.40. The Bertz CT molecular complexity index is 609. The van der Waals surface area contributed by atoms with E-state index < -0.39 is 29.3 Å². The Labute approximate surface area is 122 Å². The lowest BCUT2D eigenvalue weighted by Crippen LogP contribution is -2.32. The summed E-state index contributed by atoms with van der Waals surface area (Å²) in [5, 5.41) is 9.97. The van der Waals surface area contributed by atoms with Gasteiger partial charge < -0.3 is 10.0 Å².